The topological polar surface area (TPSA) is 43.0 Å². The van der Waals surface area contributed by atoms with Crippen LogP contribution < -0.4 is 0 Å². The van der Waals surface area contributed by atoms with Gasteiger partial charge in [-0.15, -0.1) is 0 Å². The zero-order valence-electron chi connectivity index (χ0n) is 39.0. The molecule has 13 rings (SSSR count). The fraction of sp³-hybridized carbons (Fsp3) is 0. The molecule has 13 aromatic rings. The smallest absolute Gasteiger partial charge is 0.194 e. The van der Waals surface area contributed by atoms with E-state index in [1.165, 1.54) is 48.7 Å². The van der Waals surface area contributed by atoms with Crippen molar-refractivity contribution in [3.05, 3.63) is 266 Å². The maximum Gasteiger partial charge on any atom is 0.194 e. The molecule has 0 aliphatic rings. The van der Waals surface area contributed by atoms with Gasteiger partial charge in [-0.1, -0.05) is 243 Å². The predicted octanol–water partition coefficient (Wildman–Crippen LogP) is 18.4. The van der Waals surface area contributed by atoms with Gasteiger partial charge < -0.3 is 0 Å². The van der Waals surface area contributed by atoms with E-state index in [2.05, 4.69) is 211 Å². The second-order valence-electron chi connectivity index (χ2n) is 18.1. The molecule has 0 bridgehead atoms. The van der Waals surface area contributed by atoms with Crippen molar-refractivity contribution in [1.82, 2.24) is 15.0 Å². The number of hydrogen-bond donors (Lipinski definition) is 0. The molecule has 0 saturated heterocycles. The summed E-state index contributed by atoms with van der Waals surface area (Å²) in [6, 6.07) is 89.4. The molecular weight excluding hydrogens is 873 g/mol. The van der Waals surface area contributed by atoms with Gasteiger partial charge in [-0.3, -0.25) is 0 Å². The molecule has 4 nitrogen and oxygen atoms in total. The van der Waals surface area contributed by atoms with E-state index in [4.69, 9.17) is 21.5 Å². The van der Waals surface area contributed by atoms with Gasteiger partial charge in [0.15, 0.2) is 23.2 Å². The van der Waals surface area contributed by atoms with Crippen LogP contribution in [0.2, 0.25) is 0 Å². The van der Waals surface area contributed by atoms with Crippen LogP contribution in [0, 0.1) is 6.57 Å². The minimum Gasteiger partial charge on any atom is -0.238 e. The summed E-state index contributed by atoms with van der Waals surface area (Å²) in [7, 11) is 0. The van der Waals surface area contributed by atoms with Gasteiger partial charge in [0.1, 0.15) is 0 Å². The Balaban J connectivity index is 0.896. The largest absolute Gasteiger partial charge is 0.238 e. The molecule has 0 spiro atoms. The molecule has 0 aliphatic carbocycles. The van der Waals surface area contributed by atoms with Crippen molar-refractivity contribution in [3.8, 4) is 89.8 Å². The number of nitrogens with zero attached hydrogens (tertiary/aromatic N) is 4. The van der Waals surface area contributed by atoms with Crippen LogP contribution in [0.3, 0.4) is 0 Å². The minimum absolute atomic E-state index is 0.563. The Morgan fingerprint density at radius 1 is 0.236 bits per heavy atom. The first-order chi connectivity index (χ1) is 35.6. The van der Waals surface area contributed by atoms with E-state index in [9.17, 15) is 0 Å². The molecule has 12 aromatic carbocycles. The highest BCUT2D eigenvalue weighted by Crippen LogP contribution is 2.44. The van der Waals surface area contributed by atoms with E-state index in [0.29, 0.717) is 23.2 Å². The maximum absolute atomic E-state index is 8.39. The van der Waals surface area contributed by atoms with E-state index in [1.54, 1.807) is 0 Å². The summed E-state index contributed by atoms with van der Waals surface area (Å²) in [6.07, 6.45) is 0. The normalized spacial score (nSPS) is 11.3. The van der Waals surface area contributed by atoms with Gasteiger partial charge in [-0.05, 0) is 111 Å². The zero-order valence-corrected chi connectivity index (χ0v) is 39.0. The quantitative estimate of drug-likeness (QED) is 0.113. The molecular formula is C68H42N4. The fourth-order valence-electron chi connectivity index (χ4n) is 10.5. The van der Waals surface area contributed by atoms with Crippen molar-refractivity contribution >= 4 is 48.8 Å². The molecule has 0 saturated carbocycles. The van der Waals surface area contributed by atoms with E-state index in [-0.39, 0.29) is 0 Å². The Bertz CT molecular complexity index is 4240. The number of aromatic nitrogens is 3. The first kappa shape index (κ1) is 42.3. The van der Waals surface area contributed by atoms with Crippen LogP contribution in [0.4, 0.5) is 5.69 Å². The second kappa shape index (κ2) is 17.9. The molecule has 1 aromatic heterocycles. The van der Waals surface area contributed by atoms with Gasteiger partial charge in [-0.25, -0.2) is 19.8 Å². The summed E-state index contributed by atoms with van der Waals surface area (Å²) in [6.45, 7) is 8.39. The third kappa shape index (κ3) is 7.54. The lowest BCUT2D eigenvalue weighted by Crippen LogP contribution is -2.01. The van der Waals surface area contributed by atoms with Gasteiger partial charge in [0.05, 0.1) is 6.57 Å². The molecule has 0 amide bonds. The SMILES string of the molecule is [C-]#[N+]c1ccc(-c2cccc(-c3ccc4c5ccccc5c5ccccc5c4c3)c2)cc1-c1ccccc1-c1ccccc1-c1nc(-c2ccccc2)nc(-c2ccc(-c3cccc4ccccc34)cc2)n1. The first-order valence-corrected chi connectivity index (χ1v) is 24.2. The molecule has 4 heteroatoms. The monoisotopic (exact) mass is 914 g/mol. The van der Waals surface area contributed by atoms with Crippen LogP contribution >= 0.6 is 0 Å². The summed E-state index contributed by atoms with van der Waals surface area (Å²) in [4.78, 5) is 19.6. The van der Waals surface area contributed by atoms with Crippen LogP contribution in [0.25, 0.3) is 138 Å². The number of hydrogen-bond acceptors (Lipinski definition) is 3. The van der Waals surface area contributed by atoms with Crippen molar-refractivity contribution in [1.29, 1.82) is 0 Å². The highest BCUT2D eigenvalue weighted by atomic mass is 15.0. The lowest BCUT2D eigenvalue weighted by atomic mass is 9.89. The summed E-state index contributed by atoms with van der Waals surface area (Å²) in [5.74, 6) is 1.74. The highest BCUT2D eigenvalue weighted by molar-refractivity contribution is 6.25. The molecule has 0 unspecified atom stereocenters. The zero-order chi connectivity index (χ0) is 48.0. The van der Waals surface area contributed by atoms with Crippen molar-refractivity contribution in [3.63, 3.8) is 0 Å². The average Bonchev–Trinajstić information content (AvgIpc) is 3.47. The molecule has 72 heavy (non-hydrogen) atoms. The summed E-state index contributed by atoms with van der Waals surface area (Å²) >= 11 is 0. The third-order valence-corrected chi connectivity index (χ3v) is 14.0. The van der Waals surface area contributed by atoms with Crippen molar-refractivity contribution in [2.75, 3.05) is 0 Å². The number of rotatable bonds is 8. The van der Waals surface area contributed by atoms with E-state index in [0.717, 1.165) is 66.8 Å². The van der Waals surface area contributed by atoms with Gasteiger partial charge in [0.2, 0.25) is 0 Å². The summed E-state index contributed by atoms with van der Waals surface area (Å²) in [5, 5.41) is 9.95. The van der Waals surface area contributed by atoms with Crippen LogP contribution in [0.15, 0.2) is 255 Å². The molecule has 0 atom stereocenters. The third-order valence-electron chi connectivity index (χ3n) is 14.0. The maximum atomic E-state index is 8.39. The van der Waals surface area contributed by atoms with Crippen molar-refractivity contribution < 1.29 is 0 Å². The molecule has 334 valence electrons. The van der Waals surface area contributed by atoms with Gasteiger partial charge in [0.25, 0.3) is 0 Å². The second-order valence-corrected chi connectivity index (χ2v) is 18.1. The van der Waals surface area contributed by atoms with Crippen molar-refractivity contribution in [2.45, 2.75) is 0 Å². The van der Waals surface area contributed by atoms with Gasteiger partial charge >= 0.3 is 0 Å². The lowest BCUT2D eigenvalue weighted by Gasteiger charge is -2.17. The molecule has 0 fully saturated rings. The van der Waals surface area contributed by atoms with Crippen LogP contribution in [-0.2, 0) is 0 Å². The Labute approximate surface area is 417 Å². The van der Waals surface area contributed by atoms with E-state index in [1.807, 2.05) is 48.5 Å². The predicted molar refractivity (Wildman–Crippen MR) is 300 cm³/mol. The standard InChI is InChI=1S/C68H42N4/c1-69-65-40-38-51(49-22-15-21-48(41-49)50-37-39-61-56-26-8-7-24-54(56)55-25-9-11-29-59(55)63(61)42-50)43-64(65)60-30-12-10-27-57(60)58-28-13-14-31-62(58)68-71-66(46-18-3-2-4-19-46)70-67(72-68)47-35-33-45(34-36-47)53-32-16-20-44-17-5-6-23-52(44)53/h2-43H. The number of fused-ring (bicyclic) bond motifs is 7. The Morgan fingerprint density at radius 2 is 0.639 bits per heavy atom. The fourth-order valence-corrected chi connectivity index (χ4v) is 10.5. The van der Waals surface area contributed by atoms with E-state index < -0.39 is 0 Å². The summed E-state index contributed by atoms with van der Waals surface area (Å²) < 4.78 is 0. The molecule has 0 aliphatic heterocycles. The Kier molecular flexibility index (Phi) is 10.5. The Morgan fingerprint density at radius 3 is 1.31 bits per heavy atom. The van der Waals surface area contributed by atoms with E-state index >= 15 is 0 Å². The Hall–Kier alpha value is -9.82. The van der Waals surface area contributed by atoms with Crippen LogP contribution in [0.5, 0.6) is 0 Å². The number of benzene rings is 12. The van der Waals surface area contributed by atoms with Gasteiger partial charge in [-0.2, -0.15) is 0 Å². The van der Waals surface area contributed by atoms with Crippen LogP contribution in [0.1, 0.15) is 0 Å². The summed E-state index contributed by atoms with van der Waals surface area (Å²) in [5.41, 5.74) is 13.7. The van der Waals surface area contributed by atoms with Crippen molar-refractivity contribution in [2.24, 2.45) is 0 Å². The molecule has 0 N–H and O–H groups in total. The minimum atomic E-state index is 0.563. The lowest BCUT2D eigenvalue weighted by molar-refractivity contribution is 1.07. The molecule has 1 heterocycles. The first-order valence-electron chi connectivity index (χ1n) is 24.2. The van der Waals surface area contributed by atoms with Gasteiger partial charge in [0, 0.05) is 16.7 Å². The average molecular weight is 915 g/mol. The highest BCUT2D eigenvalue weighted by Gasteiger charge is 2.20. The molecule has 0 radical (unpaired) electrons. The van der Waals surface area contributed by atoms with Crippen LogP contribution in [-0.4, -0.2) is 15.0 Å².